The van der Waals surface area contributed by atoms with Crippen LogP contribution < -0.4 is 10.1 Å². The van der Waals surface area contributed by atoms with E-state index in [-0.39, 0.29) is 17.9 Å². The van der Waals surface area contributed by atoms with Crippen LogP contribution in [0.1, 0.15) is 46.8 Å². The van der Waals surface area contributed by atoms with E-state index in [0.717, 1.165) is 16.8 Å². The van der Waals surface area contributed by atoms with Crippen LogP contribution >= 0.6 is 22.9 Å². The number of aryl methyl sites for hydroxylation is 1. The summed E-state index contributed by atoms with van der Waals surface area (Å²) < 4.78 is 45.8. The van der Waals surface area contributed by atoms with Gasteiger partial charge in [-0.2, -0.15) is 13.2 Å². The van der Waals surface area contributed by atoms with Gasteiger partial charge in [0, 0.05) is 10.1 Å². The Kier molecular flexibility index (Phi) is 6.29. The van der Waals surface area contributed by atoms with E-state index in [0.29, 0.717) is 33.7 Å². The fourth-order valence-corrected chi connectivity index (χ4v) is 5.06. The highest BCUT2D eigenvalue weighted by Crippen LogP contribution is 2.48. The molecule has 0 saturated heterocycles. The second-order valence-electron chi connectivity index (χ2n) is 8.70. The zero-order valence-electron chi connectivity index (χ0n) is 18.3. The van der Waals surface area contributed by atoms with E-state index in [1.165, 1.54) is 23.5 Å². The second-order valence-corrected chi connectivity index (χ2v) is 10.4. The quantitative estimate of drug-likeness (QED) is 0.382. The summed E-state index contributed by atoms with van der Waals surface area (Å²) in [5.41, 5.74) is 0.0283. The van der Waals surface area contributed by atoms with Crippen molar-refractivity contribution >= 4 is 44.9 Å². The average Bonchev–Trinajstić information content (AvgIpc) is 3.45. The van der Waals surface area contributed by atoms with Crippen molar-refractivity contribution in [2.45, 2.75) is 45.5 Å². The molecule has 0 unspecified atom stereocenters. The van der Waals surface area contributed by atoms with Gasteiger partial charge in [0.1, 0.15) is 18.4 Å². The summed E-state index contributed by atoms with van der Waals surface area (Å²) in [4.78, 5) is 24.9. The van der Waals surface area contributed by atoms with Crippen molar-refractivity contribution in [2.24, 2.45) is 5.41 Å². The molecule has 10 heteroatoms. The number of amides is 1. The van der Waals surface area contributed by atoms with E-state index in [9.17, 15) is 27.9 Å². The molecule has 0 radical (unpaired) electrons. The number of fused-ring (bicyclic) bond motifs is 1. The van der Waals surface area contributed by atoms with Crippen LogP contribution in [0.15, 0.2) is 36.4 Å². The molecule has 180 valence electrons. The van der Waals surface area contributed by atoms with Crippen LogP contribution in [0.2, 0.25) is 4.34 Å². The predicted octanol–water partition coefficient (Wildman–Crippen LogP) is 6.44. The standard InChI is InChI=1S/C24H21ClF3NO4S/c1-12-17-16(34-20(12)25)8-7-15(21(30)29-19(22(31)32)23(2)9-10-23)18(17)33-11-13-3-5-14(6-4-13)24(26,27)28/h3-8,19H,9-11H2,1-2H3,(H,29,30)(H,31,32)/t19-/m1/s1. The molecule has 1 aliphatic carbocycles. The number of aliphatic carboxylic acids is 1. The van der Waals surface area contributed by atoms with Crippen LogP contribution in [0, 0.1) is 12.3 Å². The van der Waals surface area contributed by atoms with Crippen molar-refractivity contribution in [1.29, 1.82) is 0 Å². The van der Waals surface area contributed by atoms with Gasteiger partial charge in [-0.05, 0) is 60.6 Å². The number of carbonyl (C=O) groups is 2. The summed E-state index contributed by atoms with van der Waals surface area (Å²) in [6.07, 6.45) is -3.06. The zero-order chi connectivity index (χ0) is 24.8. The average molecular weight is 512 g/mol. The highest BCUT2D eigenvalue weighted by Gasteiger charge is 2.49. The Morgan fingerprint density at radius 3 is 2.41 bits per heavy atom. The molecule has 0 bridgehead atoms. The maximum atomic E-state index is 13.2. The van der Waals surface area contributed by atoms with Gasteiger partial charge < -0.3 is 15.2 Å². The lowest BCUT2D eigenvalue weighted by Crippen LogP contribution is -2.46. The Labute approximate surface area is 202 Å². The monoisotopic (exact) mass is 511 g/mol. The minimum absolute atomic E-state index is 0.0927. The molecule has 34 heavy (non-hydrogen) atoms. The first-order valence-electron chi connectivity index (χ1n) is 10.4. The van der Waals surface area contributed by atoms with Gasteiger partial charge in [-0.1, -0.05) is 30.7 Å². The normalized spacial score (nSPS) is 15.7. The third-order valence-electron chi connectivity index (χ3n) is 6.16. The molecule has 1 fully saturated rings. The van der Waals surface area contributed by atoms with Crippen molar-refractivity contribution < 1.29 is 32.6 Å². The number of halogens is 4. The van der Waals surface area contributed by atoms with Crippen molar-refractivity contribution in [3.05, 3.63) is 63.0 Å². The van der Waals surface area contributed by atoms with Crippen molar-refractivity contribution in [3.8, 4) is 5.75 Å². The number of ether oxygens (including phenoxy) is 1. The minimum Gasteiger partial charge on any atom is -0.487 e. The van der Waals surface area contributed by atoms with E-state index in [4.69, 9.17) is 16.3 Å². The van der Waals surface area contributed by atoms with Crippen molar-refractivity contribution in [1.82, 2.24) is 5.32 Å². The summed E-state index contributed by atoms with van der Waals surface area (Å²) >= 11 is 7.61. The first kappa shape index (κ1) is 24.3. The lowest BCUT2D eigenvalue weighted by Gasteiger charge is -2.21. The lowest BCUT2D eigenvalue weighted by atomic mass is 9.98. The van der Waals surface area contributed by atoms with Crippen molar-refractivity contribution in [3.63, 3.8) is 0 Å². The molecule has 1 aromatic heterocycles. The van der Waals surface area contributed by atoms with E-state index in [2.05, 4.69) is 5.32 Å². The topological polar surface area (TPSA) is 75.6 Å². The third-order valence-corrected chi connectivity index (χ3v) is 7.72. The first-order valence-corrected chi connectivity index (χ1v) is 11.6. The molecular formula is C24H21ClF3NO4S. The van der Waals surface area contributed by atoms with Gasteiger partial charge in [0.05, 0.1) is 15.5 Å². The molecule has 4 rings (SSSR count). The highest BCUT2D eigenvalue weighted by atomic mass is 35.5. The molecule has 1 atom stereocenters. The molecule has 1 amide bonds. The molecule has 1 aliphatic rings. The SMILES string of the molecule is Cc1c(Cl)sc2ccc(C(=O)N[C@H](C(=O)O)C3(C)CC3)c(OCc3ccc(C(F)(F)F)cc3)c12. The van der Waals surface area contributed by atoms with Gasteiger partial charge in [-0.3, -0.25) is 4.79 Å². The Morgan fingerprint density at radius 2 is 1.85 bits per heavy atom. The van der Waals surface area contributed by atoms with Crippen LogP contribution in [0.4, 0.5) is 13.2 Å². The van der Waals surface area contributed by atoms with Crippen LogP contribution in [0.5, 0.6) is 5.75 Å². The second kappa shape index (κ2) is 8.78. The van der Waals surface area contributed by atoms with E-state index >= 15 is 0 Å². The van der Waals surface area contributed by atoms with Crippen LogP contribution in [0.25, 0.3) is 10.1 Å². The number of hydrogen-bond donors (Lipinski definition) is 2. The van der Waals surface area contributed by atoms with Gasteiger partial charge >= 0.3 is 12.1 Å². The van der Waals surface area contributed by atoms with E-state index in [1.54, 1.807) is 26.0 Å². The zero-order valence-corrected chi connectivity index (χ0v) is 19.8. The van der Waals surface area contributed by atoms with Gasteiger partial charge in [-0.25, -0.2) is 4.79 Å². The molecule has 0 aliphatic heterocycles. The van der Waals surface area contributed by atoms with Crippen LogP contribution in [-0.4, -0.2) is 23.0 Å². The van der Waals surface area contributed by atoms with Gasteiger partial charge in [0.2, 0.25) is 0 Å². The number of alkyl halides is 3. The number of carbonyl (C=O) groups excluding carboxylic acids is 1. The van der Waals surface area contributed by atoms with Gasteiger partial charge in [0.15, 0.2) is 0 Å². The fourth-order valence-electron chi connectivity index (χ4n) is 3.78. The molecule has 0 spiro atoms. The molecule has 2 N–H and O–H groups in total. The van der Waals surface area contributed by atoms with Crippen molar-refractivity contribution in [2.75, 3.05) is 0 Å². The predicted molar refractivity (Wildman–Crippen MR) is 124 cm³/mol. The Bertz CT molecular complexity index is 1270. The van der Waals surface area contributed by atoms with E-state index < -0.39 is 35.1 Å². The number of carboxylic acid groups (broad SMARTS) is 1. The van der Waals surface area contributed by atoms with Gasteiger partial charge in [0.25, 0.3) is 5.91 Å². The summed E-state index contributed by atoms with van der Waals surface area (Å²) in [7, 11) is 0. The molecule has 1 heterocycles. The van der Waals surface area contributed by atoms with Gasteiger partial charge in [-0.15, -0.1) is 11.3 Å². The fraction of sp³-hybridized carbons (Fsp3) is 0.333. The number of nitrogens with one attached hydrogen (secondary N) is 1. The summed E-state index contributed by atoms with van der Waals surface area (Å²) in [5, 5.41) is 12.8. The Hall–Kier alpha value is -2.78. The van der Waals surface area contributed by atoms with Crippen LogP contribution in [0.3, 0.4) is 0 Å². The maximum Gasteiger partial charge on any atom is 0.416 e. The third kappa shape index (κ3) is 4.72. The molecule has 3 aromatic rings. The van der Waals surface area contributed by atoms with Crippen LogP contribution in [-0.2, 0) is 17.6 Å². The maximum absolute atomic E-state index is 13.2. The Morgan fingerprint density at radius 1 is 1.21 bits per heavy atom. The number of rotatable bonds is 7. The highest BCUT2D eigenvalue weighted by molar-refractivity contribution is 7.23. The van der Waals surface area contributed by atoms with E-state index in [1.807, 2.05) is 0 Å². The largest absolute Gasteiger partial charge is 0.487 e. The lowest BCUT2D eigenvalue weighted by molar-refractivity contribution is -0.141. The first-order chi connectivity index (χ1) is 15.9. The number of hydrogen-bond acceptors (Lipinski definition) is 4. The molecule has 2 aromatic carbocycles. The molecular weight excluding hydrogens is 491 g/mol. The number of thiophene rings is 1. The molecule has 1 saturated carbocycles. The number of carboxylic acids is 1. The molecule has 5 nitrogen and oxygen atoms in total. The smallest absolute Gasteiger partial charge is 0.416 e. The summed E-state index contributed by atoms with van der Waals surface area (Å²) in [5.74, 6) is -1.51. The summed E-state index contributed by atoms with van der Waals surface area (Å²) in [6.45, 7) is 3.49. The minimum atomic E-state index is -4.44. The Balaban J connectivity index is 1.67. The summed E-state index contributed by atoms with van der Waals surface area (Å²) in [6, 6.07) is 6.76. The number of benzene rings is 2.